The zero-order chi connectivity index (χ0) is 14.9. The highest BCUT2D eigenvalue weighted by molar-refractivity contribution is 9.11. The topological polar surface area (TPSA) is 99.6 Å². The molecule has 6 heteroatoms. The molecule has 0 bridgehead atoms. The molecule has 0 unspecified atom stereocenters. The monoisotopic (exact) mass is 390 g/mol. The van der Waals surface area contributed by atoms with Gasteiger partial charge in [0.15, 0.2) is 0 Å². The third-order valence-corrected chi connectivity index (χ3v) is 4.32. The standard InChI is InChI=1S/C14H8Br2N4/c15-10-4-8(6-18)14(20)12(16)11(10)9-3-1-2-7(5-17)13(9)19/h1-4H,19-20H2. The lowest BCUT2D eigenvalue weighted by Gasteiger charge is -2.14. The fourth-order valence-electron chi connectivity index (χ4n) is 1.85. The molecule has 0 aliphatic rings. The summed E-state index contributed by atoms with van der Waals surface area (Å²) < 4.78 is 1.25. The Morgan fingerprint density at radius 3 is 2.20 bits per heavy atom. The number of nitrogen functional groups attached to an aromatic ring is 2. The molecule has 2 aromatic rings. The number of hydrogen-bond donors (Lipinski definition) is 2. The predicted octanol–water partition coefficient (Wildman–Crippen LogP) is 3.79. The highest BCUT2D eigenvalue weighted by Gasteiger charge is 2.17. The second-order valence-corrected chi connectivity index (χ2v) is 5.65. The zero-order valence-electron chi connectivity index (χ0n) is 10.1. The third kappa shape index (κ3) is 2.24. The number of para-hydroxylation sites is 1. The van der Waals surface area contributed by atoms with Crippen molar-refractivity contribution in [1.29, 1.82) is 10.5 Å². The number of hydrogen-bond acceptors (Lipinski definition) is 4. The molecule has 98 valence electrons. The van der Waals surface area contributed by atoms with E-state index in [9.17, 15) is 0 Å². The van der Waals surface area contributed by atoms with E-state index in [0.29, 0.717) is 37.0 Å². The molecular formula is C14H8Br2N4. The normalized spacial score (nSPS) is 9.80. The largest absolute Gasteiger partial charge is 0.397 e. The van der Waals surface area contributed by atoms with Crippen LogP contribution in [0.4, 0.5) is 11.4 Å². The third-order valence-electron chi connectivity index (χ3n) is 2.87. The van der Waals surface area contributed by atoms with Gasteiger partial charge in [0.25, 0.3) is 0 Å². The van der Waals surface area contributed by atoms with Gasteiger partial charge < -0.3 is 11.5 Å². The molecule has 0 saturated carbocycles. The summed E-state index contributed by atoms with van der Waals surface area (Å²) in [6.07, 6.45) is 0. The predicted molar refractivity (Wildman–Crippen MR) is 85.5 cm³/mol. The van der Waals surface area contributed by atoms with Gasteiger partial charge in [-0.1, -0.05) is 28.1 Å². The summed E-state index contributed by atoms with van der Waals surface area (Å²) >= 11 is 6.81. The number of anilines is 2. The van der Waals surface area contributed by atoms with Crippen molar-refractivity contribution in [2.75, 3.05) is 11.5 Å². The van der Waals surface area contributed by atoms with Crippen molar-refractivity contribution >= 4 is 43.2 Å². The van der Waals surface area contributed by atoms with Crippen molar-refractivity contribution in [2.45, 2.75) is 0 Å². The van der Waals surface area contributed by atoms with Crippen molar-refractivity contribution in [3.63, 3.8) is 0 Å². The van der Waals surface area contributed by atoms with E-state index in [1.165, 1.54) is 0 Å². The fraction of sp³-hybridized carbons (Fsp3) is 0. The van der Waals surface area contributed by atoms with Crippen LogP contribution in [0.25, 0.3) is 11.1 Å². The molecule has 4 N–H and O–H groups in total. The van der Waals surface area contributed by atoms with Crippen LogP contribution in [0, 0.1) is 22.7 Å². The van der Waals surface area contributed by atoms with E-state index in [-0.39, 0.29) is 0 Å². The molecule has 0 amide bonds. The van der Waals surface area contributed by atoms with E-state index < -0.39 is 0 Å². The summed E-state index contributed by atoms with van der Waals surface area (Å²) in [5.74, 6) is 0. The number of nitriles is 2. The Morgan fingerprint density at radius 2 is 1.60 bits per heavy atom. The van der Waals surface area contributed by atoms with Crippen LogP contribution >= 0.6 is 31.9 Å². The minimum atomic E-state index is 0.340. The molecule has 0 aromatic heterocycles. The Bertz CT molecular complexity index is 785. The minimum Gasteiger partial charge on any atom is -0.397 e. The quantitative estimate of drug-likeness (QED) is 0.722. The first-order valence-electron chi connectivity index (χ1n) is 5.47. The number of nitrogens with two attached hydrogens (primary N) is 2. The average molecular weight is 392 g/mol. The molecule has 4 nitrogen and oxygen atoms in total. The Hall–Kier alpha value is -2.02. The van der Waals surface area contributed by atoms with Crippen LogP contribution in [-0.2, 0) is 0 Å². The summed E-state index contributed by atoms with van der Waals surface area (Å²) in [5, 5.41) is 18.1. The second kappa shape index (κ2) is 5.54. The summed E-state index contributed by atoms with van der Waals surface area (Å²) in [7, 11) is 0. The molecule has 0 fully saturated rings. The van der Waals surface area contributed by atoms with Crippen molar-refractivity contribution in [2.24, 2.45) is 0 Å². The minimum absolute atomic E-state index is 0.340. The van der Waals surface area contributed by atoms with Crippen LogP contribution in [0.2, 0.25) is 0 Å². The smallest absolute Gasteiger partial charge is 0.101 e. The first kappa shape index (κ1) is 14.4. The van der Waals surface area contributed by atoms with E-state index in [2.05, 4.69) is 31.9 Å². The van der Waals surface area contributed by atoms with Gasteiger partial charge in [-0.2, -0.15) is 10.5 Å². The van der Waals surface area contributed by atoms with Gasteiger partial charge in [-0.05, 0) is 28.1 Å². The van der Waals surface area contributed by atoms with E-state index >= 15 is 0 Å². The lowest BCUT2D eigenvalue weighted by molar-refractivity contribution is 1.45. The van der Waals surface area contributed by atoms with E-state index in [1.807, 2.05) is 12.1 Å². The van der Waals surface area contributed by atoms with Gasteiger partial charge in [-0.3, -0.25) is 0 Å². The van der Waals surface area contributed by atoms with E-state index in [1.54, 1.807) is 24.3 Å². The summed E-state index contributed by atoms with van der Waals surface area (Å²) in [5.41, 5.74) is 14.8. The number of rotatable bonds is 1. The Labute approximate surface area is 132 Å². The van der Waals surface area contributed by atoms with Crippen LogP contribution in [0.3, 0.4) is 0 Å². The van der Waals surface area contributed by atoms with Crippen LogP contribution in [0.1, 0.15) is 11.1 Å². The van der Waals surface area contributed by atoms with Gasteiger partial charge in [0.05, 0.1) is 27.0 Å². The van der Waals surface area contributed by atoms with Crippen LogP contribution in [-0.4, -0.2) is 0 Å². The van der Waals surface area contributed by atoms with E-state index in [0.717, 1.165) is 5.56 Å². The van der Waals surface area contributed by atoms with Crippen molar-refractivity contribution in [1.82, 2.24) is 0 Å². The molecule has 0 saturated heterocycles. The molecule has 0 aliphatic heterocycles. The van der Waals surface area contributed by atoms with E-state index in [4.69, 9.17) is 22.0 Å². The van der Waals surface area contributed by atoms with Crippen molar-refractivity contribution < 1.29 is 0 Å². The molecule has 20 heavy (non-hydrogen) atoms. The van der Waals surface area contributed by atoms with Crippen molar-refractivity contribution in [3.05, 3.63) is 44.3 Å². The number of nitrogens with zero attached hydrogens (tertiary/aromatic N) is 2. The maximum atomic E-state index is 9.04. The van der Waals surface area contributed by atoms with Gasteiger partial charge >= 0.3 is 0 Å². The average Bonchev–Trinajstić information content (AvgIpc) is 2.44. The first-order chi connectivity index (χ1) is 9.51. The van der Waals surface area contributed by atoms with Gasteiger partial charge in [0, 0.05) is 15.6 Å². The molecule has 0 aliphatic carbocycles. The number of halogens is 2. The fourth-order valence-corrected chi connectivity index (χ4v) is 3.40. The second-order valence-electron chi connectivity index (χ2n) is 4.00. The summed E-state index contributed by atoms with van der Waals surface area (Å²) in [6.45, 7) is 0. The molecule has 0 atom stereocenters. The lowest BCUT2D eigenvalue weighted by Crippen LogP contribution is -1.99. The zero-order valence-corrected chi connectivity index (χ0v) is 13.3. The molecule has 2 rings (SSSR count). The molecule has 0 radical (unpaired) electrons. The molecule has 2 aromatic carbocycles. The van der Waals surface area contributed by atoms with Crippen molar-refractivity contribution in [3.8, 4) is 23.3 Å². The lowest BCUT2D eigenvalue weighted by atomic mass is 9.99. The van der Waals surface area contributed by atoms with Crippen LogP contribution in [0.15, 0.2) is 33.2 Å². The van der Waals surface area contributed by atoms with Gasteiger partial charge in [0.2, 0.25) is 0 Å². The SMILES string of the molecule is N#Cc1cccc(-c2c(Br)cc(C#N)c(N)c2Br)c1N. The van der Waals surface area contributed by atoms with Gasteiger partial charge in [0.1, 0.15) is 12.1 Å². The summed E-state index contributed by atoms with van der Waals surface area (Å²) in [6, 6.07) is 10.9. The Morgan fingerprint density at radius 1 is 0.950 bits per heavy atom. The molecule has 0 spiro atoms. The molecular weight excluding hydrogens is 384 g/mol. The number of benzene rings is 2. The highest BCUT2D eigenvalue weighted by atomic mass is 79.9. The molecule has 0 heterocycles. The van der Waals surface area contributed by atoms with Gasteiger partial charge in [-0.25, -0.2) is 0 Å². The maximum absolute atomic E-state index is 9.04. The summed E-state index contributed by atoms with van der Waals surface area (Å²) in [4.78, 5) is 0. The van der Waals surface area contributed by atoms with Crippen LogP contribution in [0.5, 0.6) is 0 Å². The Balaban J connectivity index is 2.82. The van der Waals surface area contributed by atoms with Crippen LogP contribution < -0.4 is 11.5 Å². The Kier molecular flexibility index (Phi) is 3.99. The van der Waals surface area contributed by atoms with Gasteiger partial charge in [-0.15, -0.1) is 0 Å². The first-order valence-corrected chi connectivity index (χ1v) is 7.06. The maximum Gasteiger partial charge on any atom is 0.101 e. The highest BCUT2D eigenvalue weighted by Crippen LogP contribution is 2.43.